The Hall–Kier alpha value is -1.90. The zero-order valence-corrected chi connectivity index (χ0v) is 12.7. The Balaban J connectivity index is 1.89. The predicted octanol–water partition coefficient (Wildman–Crippen LogP) is -0.330. The van der Waals surface area contributed by atoms with E-state index in [-0.39, 0.29) is 10.8 Å². The normalized spacial score (nSPS) is 17.5. The van der Waals surface area contributed by atoms with Gasteiger partial charge in [-0.2, -0.15) is 10.1 Å². The second-order valence-electron chi connectivity index (χ2n) is 5.41. The third-order valence-corrected chi connectivity index (χ3v) is 5.62. The highest BCUT2D eigenvalue weighted by atomic mass is 32.2. The van der Waals surface area contributed by atoms with Crippen LogP contribution in [0.2, 0.25) is 0 Å². The molecule has 21 heavy (non-hydrogen) atoms. The van der Waals surface area contributed by atoms with Gasteiger partial charge in [0.2, 0.25) is 5.95 Å². The first kappa shape index (κ1) is 14.1. The zero-order chi connectivity index (χ0) is 15.2. The summed E-state index contributed by atoms with van der Waals surface area (Å²) >= 11 is 0. The molecule has 1 N–H and O–H groups in total. The van der Waals surface area contributed by atoms with Crippen LogP contribution in [0.5, 0.6) is 0 Å². The molecule has 0 amide bonds. The third kappa shape index (κ3) is 2.53. The Morgan fingerprint density at radius 3 is 2.62 bits per heavy atom. The van der Waals surface area contributed by atoms with Gasteiger partial charge in [-0.05, 0) is 12.8 Å². The van der Waals surface area contributed by atoms with Gasteiger partial charge in [0.05, 0.1) is 11.4 Å². The summed E-state index contributed by atoms with van der Waals surface area (Å²) in [5, 5.41) is 4.17. The molecular formula is C12H17N5O3S. The smallest absolute Gasteiger partial charge is 0.263 e. The molecule has 1 aliphatic heterocycles. The number of nitrogens with one attached hydrogen (secondary N) is 1. The molecule has 3 rings (SSSR count). The Morgan fingerprint density at radius 1 is 1.33 bits per heavy atom. The largest absolute Gasteiger partial charge is 0.342 e. The van der Waals surface area contributed by atoms with E-state index >= 15 is 0 Å². The van der Waals surface area contributed by atoms with Crippen LogP contribution < -0.4 is 10.5 Å². The summed E-state index contributed by atoms with van der Waals surface area (Å²) in [5.74, 6) is 0.475. The van der Waals surface area contributed by atoms with Crippen molar-refractivity contribution in [1.82, 2.24) is 19.7 Å². The van der Waals surface area contributed by atoms with E-state index in [1.54, 1.807) is 11.7 Å². The number of aryl methyl sites for hydroxylation is 1. The van der Waals surface area contributed by atoms with Crippen molar-refractivity contribution in [2.75, 3.05) is 24.2 Å². The number of sulfone groups is 1. The number of piperidine rings is 1. The fraction of sp³-hybridized carbons (Fsp3) is 0.583. The third-order valence-electron chi connectivity index (χ3n) is 3.94. The van der Waals surface area contributed by atoms with Gasteiger partial charge in [-0.1, -0.05) is 0 Å². The van der Waals surface area contributed by atoms with Crippen LogP contribution in [0, 0.1) is 0 Å². The molecule has 9 heteroatoms. The van der Waals surface area contributed by atoms with Crippen LogP contribution in [0.15, 0.2) is 11.0 Å². The average molecular weight is 311 g/mol. The molecule has 3 heterocycles. The number of fused-ring (bicyclic) bond motifs is 1. The summed E-state index contributed by atoms with van der Waals surface area (Å²) in [6.07, 6.45) is 3.86. The number of aromatic nitrogens is 4. The van der Waals surface area contributed by atoms with E-state index in [0.29, 0.717) is 42.9 Å². The number of rotatable bonds is 2. The van der Waals surface area contributed by atoms with Crippen molar-refractivity contribution < 1.29 is 8.42 Å². The number of hydrogen-bond donors (Lipinski definition) is 1. The number of hydrogen-bond acceptors (Lipinski definition) is 6. The molecule has 0 unspecified atom stereocenters. The minimum absolute atomic E-state index is 0.228. The van der Waals surface area contributed by atoms with Crippen molar-refractivity contribution in [2.24, 2.45) is 7.05 Å². The molecule has 0 radical (unpaired) electrons. The van der Waals surface area contributed by atoms with Gasteiger partial charge < -0.3 is 4.90 Å². The lowest BCUT2D eigenvalue weighted by Crippen LogP contribution is -2.40. The van der Waals surface area contributed by atoms with Gasteiger partial charge in [0.25, 0.3) is 5.56 Å². The fourth-order valence-corrected chi connectivity index (χ4v) is 3.73. The summed E-state index contributed by atoms with van der Waals surface area (Å²) in [6.45, 7) is 1.12. The van der Waals surface area contributed by atoms with E-state index in [1.807, 2.05) is 4.90 Å². The molecule has 0 aliphatic carbocycles. The topological polar surface area (TPSA) is 101 Å². The van der Waals surface area contributed by atoms with Gasteiger partial charge in [-0.25, -0.2) is 8.42 Å². The van der Waals surface area contributed by atoms with Gasteiger partial charge >= 0.3 is 0 Å². The van der Waals surface area contributed by atoms with Crippen LogP contribution in [0.1, 0.15) is 12.8 Å². The predicted molar refractivity (Wildman–Crippen MR) is 79.2 cm³/mol. The Kier molecular flexibility index (Phi) is 3.23. The van der Waals surface area contributed by atoms with Crippen LogP contribution >= 0.6 is 0 Å². The molecule has 1 aliphatic rings. The highest BCUT2D eigenvalue weighted by Crippen LogP contribution is 2.20. The van der Waals surface area contributed by atoms with Crippen LogP contribution in [0.4, 0.5) is 5.95 Å². The lowest BCUT2D eigenvalue weighted by atomic mass is 10.1. The van der Waals surface area contributed by atoms with Gasteiger partial charge in [0.1, 0.15) is 15.2 Å². The molecule has 1 fully saturated rings. The van der Waals surface area contributed by atoms with Gasteiger partial charge in [-0.15, -0.1) is 0 Å². The standard InChI is InChI=1S/C12H17N5O3S/c1-16-10-9(7-13-16)11(18)15-12(14-10)17-5-3-8(4-6-17)21(2,19)20/h7-8H,3-6H2,1-2H3,(H,14,15,18). The monoisotopic (exact) mass is 311 g/mol. The van der Waals surface area contributed by atoms with E-state index in [4.69, 9.17) is 0 Å². The quantitative estimate of drug-likeness (QED) is 0.815. The highest BCUT2D eigenvalue weighted by molar-refractivity contribution is 7.91. The second-order valence-corrected chi connectivity index (χ2v) is 7.74. The summed E-state index contributed by atoms with van der Waals surface area (Å²) in [6, 6.07) is 0. The number of anilines is 1. The molecular weight excluding hydrogens is 294 g/mol. The fourth-order valence-electron chi connectivity index (χ4n) is 2.67. The highest BCUT2D eigenvalue weighted by Gasteiger charge is 2.27. The maximum Gasteiger partial charge on any atom is 0.263 e. The lowest BCUT2D eigenvalue weighted by molar-refractivity contribution is 0.529. The van der Waals surface area contributed by atoms with Gasteiger partial charge in [0, 0.05) is 26.4 Å². The van der Waals surface area contributed by atoms with Crippen LogP contribution in [0.25, 0.3) is 11.0 Å². The zero-order valence-electron chi connectivity index (χ0n) is 11.9. The van der Waals surface area contributed by atoms with E-state index in [9.17, 15) is 13.2 Å². The molecule has 0 saturated carbocycles. The number of nitrogens with zero attached hydrogens (tertiary/aromatic N) is 4. The SMILES string of the molecule is Cn1ncc2c(=O)[nH]c(N3CCC(S(C)(=O)=O)CC3)nc21. The number of aromatic amines is 1. The molecule has 0 atom stereocenters. The molecule has 1 saturated heterocycles. The first-order valence-corrected chi connectivity index (χ1v) is 8.67. The van der Waals surface area contributed by atoms with Gasteiger partial charge in [0.15, 0.2) is 5.65 Å². The van der Waals surface area contributed by atoms with Crippen molar-refractivity contribution in [3.05, 3.63) is 16.6 Å². The second kappa shape index (κ2) is 4.83. The van der Waals surface area contributed by atoms with Crippen LogP contribution in [-0.4, -0.2) is 52.8 Å². The van der Waals surface area contributed by atoms with E-state index in [2.05, 4.69) is 15.1 Å². The molecule has 0 spiro atoms. The molecule has 8 nitrogen and oxygen atoms in total. The average Bonchev–Trinajstić information content (AvgIpc) is 2.80. The van der Waals surface area contributed by atoms with Crippen molar-refractivity contribution >= 4 is 26.8 Å². The van der Waals surface area contributed by atoms with E-state index in [1.165, 1.54) is 12.5 Å². The summed E-state index contributed by atoms with van der Waals surface area (Å²) in [7, 11) is -1.27. The first-order valence-electron chi connectivity index (χ1n) is 6.72. The van der Waals surface area contributed by atoms with E-state index in [0.717, 1.165) is 0 Å². The molecule has 114 valence electrons. The Morgan fingerprint density at radius 2 is 2.00 bits per heavy atom. The Bertz CT molecular complexity index is 830. The maximum atomic E-state index is 12.0. The molecule has 2 aromatic rings. The van der Waals surface area contributed by atoms with Crippen molar-refractivity contribution in [2.45, 2.75) is 18.1 Å². The van der Waals surface area contributed by atoms with Crippen molar-refractivity contribution in [3.8, 4) is 0 Å². The summed E-state index contributed by atoms with van der Waals surface area (Å²) in [4.78, 5) is 21.1. The van der Waals surface area contributed by atoms with E-state index < -0.39 is 9.84 Å². The van der Waals surface area contributed by atoms with Crippen molar-refractivity contribution in [1.29, 1.82) is 0 Å². The first-order chi connectivity index (χ1) is 9.86. The molecule has 0 bridgehead atoms. The minimum atomic E-state index is -3.01. The lowest BCUT2D eigenvalue weighted by Gasteiger charge is -2.31. The summed E-state index contributed by atoms with van der Waals surface area (Å²) < 4.78 is 24.7. The Labute approximate surface area is 121 Å². The summed E-state index contributed by atoms with van der Waals surface area (Å²) in [5.41, 5.74) is 0.298. The van der Waals surface area contributed by atoms with Gasteiger partial charge in [-0.3, -0.25) is 14.5 Å². The van der Waals surface area contributed by atoms with Crippen LogP contribution in [0.3, 0.4) is 0 Å². The maximum absolute atomic E-state index is 12.0. The molecule has 2 aromatic heterocycles. The minimum Gasteiger partial charge on any atom is -0.342 e. The van der Waals surface area contributed by atoms with Crippen LogP contribution in [-0.2, 0) is 16.9 Å². The molecule has 0 aromatic carbocycles. The number of H-pyrrole nitrogens is 1. The van der Waals surface area contributed by atoms with Crippen molar-refractivity contribution in [3.63, 3.8) is 0 Å².